The van der Waals surface area contributed by atoms with Gasteiger partial charge in [0.05, 0.1) is 29.8 Å². The number of pyridine rings is 1. The fraction of sp³-hybridized carbons (Fsp3) is 0.286. The van der Waals surface area contributed by atoms with Crippen LogP contribution >= 0.6 is 0 Å². The molecular weight excluding hydrogens is 426 g/mol. The number of likely N-dealkylation sites (tertiary alicyclic amines) is 1. The number of nitrogens with zero attached hydrogens (tertiary/aromatic N) is 2. The number of aromatic nitrogens is 1. The number of amides is 3. The van der Waals surface area contributed by atoms with E-state index in [1.807, 2.05) is 60.7 Å². The number of hydrogen-bond donors (Lipinski definition) is 1. The summed E-state index contributed by atoms with van der Waals surface area (Å²) in [4.78, 5) is 46.0. The van der Waals surface area contributed by atoms with Gasteiger partial charge < -0.3 is 5.32 Å². The molecule has 6 heteroatoms. The molecule has 6 nitrogen and oxygen atoms in total. The number of nitrogens with one attached hydrogen (secondary N) is 1. The third-order valence-electron chi connectivity index (χ3n) is 7.55. The van der Waals surface area contributed by atoms with Crippen molar-refractivity contribution in [3.8, 4) is 0 Å². The van der Waals surface area contributed by atoms with Crippen LogP contribution in [0.5, 0.6) is 0 Å². The number of allylic oxidation sites excluding steroid dienone is 2. The summed E-state index contributed by atoms with van der Waals surface area (Å²) >= 11 is 0. The van der Waals surface area contributed by atoms with Gasteiger partial charge in [0.2, 0.25) is 17.7 Å². The zero-order valence-electron chi connectivity index (χ0n) is 18.6. The third-order valence-corrected chi connectivity index (χ3v) is 7.55. The summed E-state index contributed by atoms with van der Waals surface area (Å²) in [5, 5.41) is 3.88. The van der Waals surface area contributed by atoms with Crippen molar-refractivity contribution in [3.05, 3.63) is 84.6 Å². The van der Waals surface area contributed by atoms with Crippen molar-refractivity contribution < 1.29 is 14.4 Å². The first-order chi connectivity index (χ1) is 16.6. The normalized spacial score (nSPS) is 26.1. The molecule has 34 heavy (non-hydrogen) atoms. The highest BCUT2D eigenvalue weighted by atomic mass is 16.2. The molecule has 3 amide bonds. The average molecular weight is 452 g/mol. The summed E-state index contributed by atoms with van der Waals surface area (Å²) in [5.74, 6) is -0.855. The first-order valence-corrected chi connectivity index (χ1v) is 11.8. The number of imide groups is 1. The molecule has 2 aromatic carbocycles. The Kier molecular flexibility index (Phi) is 5.01. The minimum absolute atomic E-state index is 0.00870. The number of benzene rings is 2. The molecular formula is C28H25N3O3. The van der Waals surface area contributed by atoms with Crippen molar-refractivity contribution in [3.63, 3.8) is 0 Å². The smallest absolute Gasteiger partial charge is 0.234 e. The second-order valence-corrected chi connectivity index (χ2v) is 9.48. The molecule has 7 rings (SSSR count). The summed E-state index contributed by atoms with van der Waals surface area (Å²) in [6.07, 6.45) is 7.86. The maximum absolute atomic E-state index is 13.6. The van der Waals surface area contributed by atoms with Crippen molar-refractivity contribution in [1.82, 2.24) is 9.88 Å². The molecule has 2 heterocycles. The monoisotopic (exact) mass is 451 g/mol. The zero-order valence-corrected chi connectivity index (χ0v) is 18.6. The third kappa shape index (κ3) is 3.41. The number of carbonyl (C=O) groups is 3. The number of rotatable bonds is 5. The van der Waals surface area contributed by atoms with Crippen LogP contribution in [0.3, 0.4) is 0 Å². The summed E-state index contributed by atoms with van der Waals surface area (Å²) in [6, 6.07) is 18.1. The van der Waals surface area contributed by atoms with Gasteiger partial charge in [0, 0.05) is 17.3 Å². The molecule has 3 aliphatic carbocycles. The minimum Gasteiger partial charge on any atom is -0.326 e. The quantitative estimate of drug-likeness (QED) is 0.458. The minimum atomic E-state index is -0.631. The highest BCUT2D eigenvalue weighted by Gasteiger charge is 2.58. The summed E-state index contributed by atoms with van der Waals surface area (Å²) in [5.41, 5.74) is 2.30. The first-order valence-electron chi connectivity index (χ1n) is 11.8. The molecule has 2 fully saturated rings. The summed E-state index contributed by atoms with van der Waals surface area (Å²) < 4.78 is 0. The van der Waals surface area contributed by atoms with Crippen LogP contribution in [0.4, 0.5) is 5.69 Å². The predicted molar refractivity (Wildman–Crippen MR) is 128 cm³/mol. The Morgan fingerprint density at radius 2 is 1.65 bits per heavy atom. The first kappa shape index (κ1) is 20.8. The van der Waals surface area contributed by atoms with Crippen molar-refractivity contribution in [1.29, 1.82) is 0 Å². The van der Waals surface area contributed by atoms with E-state index in [0.717, 1.165) is 29.3 Å². The Labute approximate surface area is 197 Å². The van der Waals surface area contributed by atoms with E-state index >= 15 is 0 Å². The summed E-state index contributed by atoms with van der Waals surface area (Å²) in [6.45, 7) is 0. The van der Waals surface area contributed by atoms with E-state index in [9.17, 15) is 14.4 Å². The van der Waals surface area contributed by atoms with Crippen molar-refractivity contribution in [2.45, 2.75) is 25.3 Å². The molecule has 4 aliphatic rings. The van der Waals surface area contributed by atoms with Crippen molar-refractivity contribution in [2.24, 2.45) is 23.7 Å². The van der Waals surface area contributed by atoms with E-state index in [4.69, 9.17) is 0 Å². The highest BCUT2D eigenvalue weighted by molar-refractivity contribution is 6.07. The maximum Gasteiger partial charge on any atom is 0.234 e. The molecule has 5 atom stereocenters. The van der Waals surface area contributed by atoms with Gasteiger partial charge in [-0.1, -0.05) is 48.6 Å². The van der Waals surface area contributed by atoms with Gasteiger partial charge in [-0.05, 0) is 54.5 Å². The average Bonchev–Trinajstić information content (AvgIpc) is 3.16. The molecule has 2 bridgehead atoms. The SMILES string of the molecule is O=C(C[C@H](c1ccccc1)N1C(=O)[C@H]2[C@H](C1=O)[C@H]1C=C[C@H]2CC1)Nc1ccc2ncccc2c1. The van der Waals surface area contributed by atoms with Crippen LogP contribution in [-0.4, -0.2) is 27.6 Å². The molecule has 1 saturated heterocycles. The Bertz CT molecular complexity index is 1290. The lowest BCUT2D eigenvalue weighted by Gasteiger charge is -2.38. The fourth-order valence-electron chi connectivity index (χ4n) is 5.98. The van der Waals surface area contributed by atoms with E-state index in [0.29, 0.717) is 5.69 Å². The lowest BCUT2D eigenvalue weighted by atomic mass is 9.63. The van der Waals surface area contributed by atoms with Gasteiger partial charge in [0.1, 0.15) is 0 Å². The predicted octanol–water partition coefficient (Wildman–Crippen LogP) is 4.50. The Morgan fingerprint density at radius 3 is 2.32 bits per heavy atom. The van der Waals surface area contributed by atoms with Crippen LogP contribution in [0.1, 0.15) is 30.9 Å². The Morgan fingerprint density at radius 1 is 0.941 bits per heavy atom. The molecule has 3 aromatic rings. The van der Waals surface area contributed by atoms with Crippen molar-refractivity contribution >= 4 is 34.3 Å². The molecule has 0 unspecified atom stereocenters. The molecule has 1 aromatic heterocycles. The zero-order chi connectivity index (χ0) is 23.2. The standard InChI is InChI=1S/C28H25N3O3/c32-24(30-21-12-13-22-20(15-21)7-4-14-29-22)16-23(17-5-2-1-3-6-17)31-27(33)25-18-8-9-19(11-10-18)26(25)28(31)34/h1-9,12-15,18-19,23,25-26H,10-11,16H2,(H,30,32)/t18-,19-,23+,25+,26+/m0/s1. The van der Waals surface area contributed by atoms with Gasteiger partial charge in [-0.15, -0.1) is 0 Å². The van der Waals surface area contributed by atoms with Gasteiger partial charge in [-0.3, -0.25) is 24.3 Å². The van der Waals surface area contributed by atoms with Gasteiger partial charge in [-0.2, -0.15) is 0 Å². The van der Waals surface area contributed by atoms with E-state index in [-0.39, 0.29) is 47.8 Å². The van der Waals surface area contributed by atoms with Crippen LogP contribution in [0.2, 0.25) is 0 Å². The number of hydrogen-bond acceptors (Lipinski definition) is 4. The second-order valence-electron chi connectivity index (χ2n) is 9.48. The van der Waals surface area contributed by atoms with Gasteiger partial charge in [0.15, 0.2) is 0 Å². The van der Waals surface area contributed by atoms with Crippen LogP contribution in [0, 0.1) is 23.7 Å². The van der Waals surface area contributed by atoms with Crippen LogP contribution < -0.4 is 5.32 Å². The molecule has 1 saturated carbocycles. The molecule has 170 valence electrons. The van der Waals surface area contributed by atoms with E-state index in [1.54, 1.807) is 6.20 Å². The number of carbonyl (C=O) groups excluding carboxylic acids is 3. The lowest BCUT2D eigenvalue weighted by Crippen LogP contribution is -2.38. The Hall–Kier alpha value is -3.80. The van der Waals surface area contributed by atoms with Gasteiger partial charge in [-0.25, -0.2) is 0 Å². The van der Waals surface area contributed by atoms with Gasteiger partial charge in [0.25, 0.3) is 0 Å². The molecule has 1 N–H and O–H groups in total. The Balaban J connectivity index is 1.29. The van der Waals surface area contributed by atoms with Crippen LogP contribution in [-0.2, 0) is 14.4 Å². The molecule has 0 spiro atoms. The largest absolute Gasteiger partial charge is 0.326 e. The fourth-order valence-corrected chi connectivity index (χ4v) is 5.98. The van der Waals surface area contributed by atoms with Crippen LogP contribution in [0.15, 0.2) is 79.0 Å². The van der Waals surface area contributed by atoms with E-state index in [2.05, 4.69) is 22.5 Å². The van der Waals surface area contributed by atoms with Gasteiger partial charge >= 0.3 is 0 Å². The second kappa shape index (κ2) is 8.20. The molecule has 0 radical (unpaired) electrons. The highest BCUT2D eigenvalue weighted by Crippen LogP contribution is 2.51. The number of fused-ring (bicyclic) bond motifs is 2. The van der Waals surface area contributed by atoms with E-state index in [1.165, 1.54) is 4.90 Å². The van der Waals surface area contributed by atoms with Crippen LogP contribution in [0.25, 0.3) is 10.9 Å². The topological polar surface area (TPSA) is 79.4 Å². The maximum atomic E-state index is 13.6. The lowest BCUT2D eigenvalue weighted by molar-refractivity contribution is -0.143. The van der Waals surface area contributed by atoms with Crippen molar-refractivity contribution in [2.75, 3.05) is 5.32 Å². The summed E-state index contributed by atoms with van der Waals surface area (Å²) in [7, 11) is 0. The molecule has 1 aliphatic heterocycles. The number of anilines is 1. The van der Waals surface area contributed by atoms with E-state index < -0.39 is 6.04 Å².